The highest BCUT2D eigenvalue weighted by molar-refractivity contribution is 5.81. The SMILES string of the molecule is COc1ccc(C2CCCN2C(=O)C2CCN(C(=O)C(C)C)CC2)c(OC)c1. The Kier molecular flexibility index (Phi) is 6.47. The molecule has 0 spiro atoms. The van der Waals surface area contributed by atoms with Crippen LogP contribution in [0.15, 0.2) is 18.2 Å². The molecule has 0 aliphatic carbocycles. The van der Waals surface area contributed by atoms with E-state index in [0.717, 1.165) is 49.3 Å². The average Bonchev–Trinajstić information content (AvgIpc) is 3.21. The van der Waals surface area contributed by atoms with E-state index in [9.17, 15) is 9.59 Å². The summed E-state index contributed by atoms with van der Waals surface area (Å²) in [7, 11) is 3.29. The lowest BCUT2D eigenvalue weighted by molar-refractivity contribution is -0.142. The van der Waals surface area contributed by atoms with Crippen LogP contribution in [0.4, 0.5) is 0 Å². The summed E-state index contributed by atoms with van der Waals surface area (Å²) in [5.41, 5.74) is 1.04. The van der Waals surface area contributed by atoms with Crippen LogP contribution in [-0.2, 0) is 9.59 Å². The van der Waals surface area contributed by atoms with Gasteiger partial charge < -0.3 is 19.3 Å². The van der Waals surface area contributed by atoms with Crippen molar-refractivity contribution in [2.45, 2.75) is 45.6 Å². The monoisotopic (exact) mass is 388 g/mol. The second kappa shape index (κ2) is 8.84. The average molecular weight is 389 g/mol. The molecular formula is C22H32N2O4. The molecule has 1 aromatic rings. The molecule has 6 nitrogen and oxygen atoms in total. The lowest BCUT2D eigenvalue weighted by atomic mass is 9.93. The first kappa shape index (κ1) is 20.5. The molecule has 1 atom stereocenters. The molecule has 2 saturated heterocycles. The Labute approximate surface area is 167 Å². The molecule has 2 aliphatic heterocycles. The first-order chi connectivity index (χ1) is 13.5. The molecule has 6 heteroatoms. The van der Waals surface area contributed by atoms with E-state index in [1.807, 2.05) is 41.8 Å². The zero-order valence-corrected chi connectivity index (χ0v) is 17.4. The highest BCUT2D eigenvalue weighted by Crippen LogP contribution is 2.40. The van der Waals surface area contributed by atoms with Crippen LogP contribution in [0, 0.1) is 11.8 Å². The van der Waals surface area contributed by atoms with Crippen LogP contribution < -0.4 is 9.47 Å². The molecule has 28 heavy (non-hydrogen) atoms. The topological polar surface area (TPSA) is 59.1 Å². The number of nitrogens with zero attached hydrogens (tertiary/aromatic N) is 2. The Balaban J connectivity index is 1.70. The quantitative estimate of drug-likeness (QED) is 0.777. The fourth-order valence-electron chi connectivity index (χ4n) is 4.39. The van der Waals surface area contributed by atoms with E-state index >= 15 is 0 Å². The summed E-state index contributed by atoms with van der Waals surface area (Å²) in [5, 5.41) is 0. The summed E-state index contributed by atoms with van der Waals surface area (Å²) in [6.07, 6.45) is 3.44. The third kappa shape index (κ3) is 4.10. The maximum atomic E-state index is 13.3. The van der Waals surface area contributed by atoms with Gasteiger partial charge in [-0.25, -0.2) is 0 Å². The fourth-order valence-corrected chi connectivity index (χ4v) is 4.39. The molecule has 0 aromatic heterocycles. The number of hydrogen-bond acceptors (Lipinski definition) is 4. The van der Waals surface area contributed by atoms with Gasteiger partial charge in [0.25, 0.3) is 0 Å². The minimum Gasteiger partial charge on any atom is -0.497 e. The van der Waals surface area contributed by atoms with Crippen molar-refractivity contribution in [3.63, 3.8) is 0 Å². The number of carbonyl (C=O) groups excluding carboxylic acids is 2. The maximum absolute atomic E-state index is 13.3. The molecule has 2 fully saturated rings. The van der Waals surface area contributed by atoms with Crippen LogP contribution in [0.25, 0.3) is 0 Å². The van der Waals surface area contributed by atoms with Gasteiger partial charge in [0.2, 0.25) is 11.8 Å². The molecule has 0 N–H and O–H groups in total. The highest BCUT2D eigenvalue weighted by atomic mass is 16.5. The van der Waals surface area contributed by atoms with Crippen molar-refractivity contribution in [1.82, 2.24) is 9.80 Å². The number of ether oxygens (including phenoxy) is 2. The molecule has 2 heterocycles. The van der Waals surface area contributed by atoms with E-state index in [-0.39, 0.29) is 29.7 Å². The Morgan fingerprint density at radius 1 is 1.04 bits per heavy atom. The summed E-state index contributed by atoms with van der Waals surface area (Å²) in [6, 6.07) is 5.86. The van der Waals surface area contributed by atoms with E-state index in [1.54, 1.807) is 14.2 Å². The molecule has 0 saturated carbocycles. The van der Waals surface area contributed by atoms with E-state index < -0.39 is 0 Å². The number of amides is 2. The van der Waals surface area contributed by atoms with Gasteiger partial charge in [-0.1, -0.05) is 13.8 Å². The van der Waals surface area contributed by atoms with Gasteiger partial charge in [0.1, 0.15) is 11.5 Å². The minimum atomic E-state index is 0.000977. The lowest BCUT2D eigenvalue weighted by Crippen LogP contribution is -2.45. The summed E-state index contributed by atoms with van der Waals surface area (Å²) in [4.78, 5) is 29.4. The largest absolute Gasteiger partial charge is 0.497 e. The molecular weight excluding hydrogens is 356 g/mol. The molecule has 3 rings (SSSR count). The van der Waals surface area contributed by atoms with Gasteiger partial charge in [0, 0.05) is 43.1 Å². The van der Waals surface area contributed by atoms with Crippen molar-refractivity contribution in [1.29, 1.82) is 0 Å². The van der Waals surface area contributed by atoms with Crippen LogP contribution in [0.1, 0.15) is 51.1 Å². The molecule has 1 unspecified atom stereocenters. The van der Waals surface area contributed by atoms with Crippen LogP contribution >= 0.6 is 0 Å². The first-order valence-electron chi connectivity index (χ1n) is 10.3. The highest BCUT2D eigenvalue weighted by Gasteiger charge is 2.37. The standard InChI is InChI=1S/C22H32N2O4/c1-15(2)21(25)23-12-9-16(10-13-23)22(26)24-11-5-6-19(24)18-8-7-17(27-3)14-20(18)28-4/h7-8,14-16,19H,5-6,9-13H2,1-4H3. The third-order valence-electron chi connectivity index (χ3n) is 5.99. The van der Waals surface area contributed by atoms with Crippen molar-refractivity contribution in [3.05, 3.63) is 23.8 Å². The van der Waals surface area contributed by atoms with Crippen LogP contribution in [0.5, 0.6) is 11.5 Å². The molecule has 154 valence electrons. The summed E-state index contributed by atoms with van der Waals surface area (Å²) in [6.45, 7) is 5.99. The fraction of sp³-hybridized carbons (Fsp3) is 0.636. The minimum absolute atomic E-state index is 0.000977. The number of methoxy groups -OCH3 is 2. The molecule has 1 aromatic carbocycles. The summed E-state index contributed by atoms with van der Waals surface area (Å²) >= 11 is 0. The Morgan fingerprint density at radius 2 is 1.75 bits per heavy atom. The number of likely N-dealkylation sites (tertiary alicyclic amines) is 2. The summed E-state index contributed by atoms with van der Waals surface area (Å²) in [5.74, 6) is 1.93. The van der Waals surface area contributed by atoms with Crippen molar-refractivity contribution in [3.8, 4) is 11.5 Å². The summed E-state index contributed by atoms with van der Waals surface area (Å²) < 4.78 is 10.9. The van der Waals surface area contributed by atoms with Crippen molar-refractivity contribution in [2.24, 2.45) is 11.8 Å². The zero-order valence-electron chi connectivity index (χ0n) is 17.4. The Morgan fingerprint density at radius 3 is 2.36 bits per heavy atom. The van der Waals surface area contributed by atoms with Gasteiger partial charge >= 0.3 is 0 Å². The smallest absolute Gasteiger partial charge is 0.226 e. The predicted molar refractivity (Wildman–Crippen MR) is 107 cm³/mol. The third-order valence-corrected chi connectivity index (χ3v) is 5.99. The number of hydrogen-bond donors (Lipinski definition) is 0. The van der Waals surface area contributed by atoms with E-state index in [0.29, 0.717) is 13.1 Å². The molecule has 0 bridgehead atoms. The Bertz CT molecular complexity index is 710. The van der Waals surface area contributed by atoms with Crippen LogP contribution in [0.3, 0.4) is 0 Å². The Hall–Kier alpha value is -2.24. The van der Waals surface area contributed by atoms with Crippen LogP contribution in [-0.4, -0.2) is 55.5 Å². The van der Waals surface area contributed by atoms with Gasteiger partial charge in [-0.15, -0.1) is 0 Å². The van der Waals surface area contributed by atoms with Gasteiger partial charge in [-0.05, 0) is 37.8 Å². The number of carbonyl (C=O) groups is 2. The molecule has 0 radical (unpaired) electrons. The van der Waals surface area contributed by atoms with Crippen molar-refractivity contribution in [2.75, 3.05) is 33.9 Å². The number of benzene rings is 1. The van der Waals surface area contributed by atoms with E-state index in [4.69, 9.17) is 9.47 Å². The van der Waals surface area contributed by atoms with Crippen molar-refractivity contribution < 1.29 is 19.1 Å². The normalized spacial score (nSPS) is 20.5. The van der Waals surface area contributed by atoms with Gasteiger partial charge in [-0.3, -0.25) is 9.59 Å². The lowest BCUT2D eigenvalue weighted by Gasteiger charge is -2.36. The first-order valence-corrected chi connectivity index (χ1v) is 10.3. The van der Waals surface area contributed by atoms with Gasteiger partial charge in [0.15, 0.2) is 0 Å². The van der Waals surface area contributed by atoms with E-state index in [1.165, 1.54) is 0 Å². The van der Waals surface area contributed by atoms with E-state index in [2.05, 4.69) is 0 Å². The zero-order chi connectivity index (χ0) is 20.3. The number of rotatable bonds is 5. The maximum Gasteiger partial charge on any atom is 0.226 e. The van der Waals surface area contributed by atoms with Gasteiger partial charge in [0.05, 0.1) is 20.3 Å². The second-order valence-corrected chi connectivity index (χ2v) is 8.05. The molecule has 2 amide bonds. The predicted octanol–water partition coefficient (Wildman–Crippen LogP) is 3.26. The number of piperidine rings is 1. The van der Waals surface area contributed by atoms with Crippen LogP contribution in [0.2, 0.25) is 0 Å². The second-order valence-electron chi connectivity index (χ2n) is 8.05. The van der Waals surface area contributed by atoms with Gasteiger partial charge in [-0.2, -0.15) is 0 Å². The molecule has 2 aliphatic rings. The van der Waals surface area contributed by atoms with Crippen molar-refractivity contribution >= 4 is 11.8 Å².